The number of aromatic nitrogens is 2. The summed E-state index contributed by atoms with van der Waals surface area (Å²) in [5.74, 6) is -0.593. The number of aliphatic carboxylic acids is 1. The lowest BCUT2D eigenvalue weighted by Crippen LogP contribution is -2.39. The molecular weight excluding hydrogens is 330 g/mol. The fourth-order valence-electron chi connectivity index (χ4n) is 4.13. The minimum atomic E-state index is -0.755. The summed E-state index contributed by atoms with van der Waals surface area (Å²) in [4.78, 5) is 25.8. The number of carboxylic acid groups (broad SMARTS) is 1. The molecule has 1 aliphatic heterocycles. The molecule has 6 heteroatoms. The normalized spacial score (nSPS) is 17.3. The minimum Gasteiger partial charge on any atom is -0.481 e. The van der Waals surface area contributed by atoms with Gasteiger partial charge in [-0.15, -0.1) is 0 Å². The third-order valence-electron chi connectivity index (χ3n) is 5.50. The maximum absolute atomic E-state index is 13.1. The van der Waals surface area contributed by atoms with E-state index in [1.807, 2.05) is 39.9 Å². The van der Waals surface area contributed by atoms with Gasteiger partial charge in [0.2, 0.25) is 0 Å². The second kappa shape index (κ2) is 6.94. The molecule has 1 amide bonds. The Hall–Kier alpha value is -2.63. The number of rotatable bonds is 4. The number of piperidine rings is 1. The lowest BCUT2D eigenvalue weighted by molar-refractivity contribution is -0.138. The van der Waals surface area contributed by atoms with Gasteiger partial charge in [0.15, 0.2) is 5.69 Å². The van der Waals surface area contributed by atoms with Gasteiger partial charge >= 0.3 is 5.97 Å². The third-order valence-corrected chi connectivity index (χ3v) is 5.50. The Morgan fingerprint density at radius 1 is 1.12 bits per heavy atom. The van der Waals surface area contributed by atoms with E-state index >= 15 is 0 Å². The molecule has 0 saturated carbocycles. The third kappa shape index (κ3) is 3.11. The Morgan fingerprint density at radius 2 is 1.85 bits per heavy atom. The zero-order valence-electron chi connectivity index (χ0n) is 14.7. The number of carbonyl (C=O) groups is 2. The number of fused-ring (bicyclic) bond motifs is 1. The van der Waals surface area contributed by atoms with Crippen molar-refractivity contribution in [2.75, 3.05) is 13.1 Å². The topological polar surface area (TPSA) is 75.4 Å². The number of hydrogen-bond donors (Lipinski definition) is 1. The fourth-order valence-corrected chi connectivity index (χ4v) is 4.13. The summed E-state index contributed by atoms with van der Waals surface area (Å²) in [5, 5.41) is 13.6. The summed E-state index contributed by atoms with van der Waals surface area (Å²) < 4.78 is 1.92. The lowest BCUT2D eigenvalue weighted by atomic mass is 9.93. The Balaban J connectivity index is 1.55. The number of benzene rings is 1. The predicted octanol–water partition coefficient (Wildman–Crippen LogP) is 2.69. The van der Waals surface area contributed by atoms with Crippen molar-refractivity contribution in [2.45, 2.75) is 38.5 Å². The summed E-state index contributed by atoms with van der Waals surface area (Å²) in [6.45, 7) is 1.23. The number of likely N-dealkylation sites (tertiary alicyclic amines) is 1. The molecule has 136 valence electrons. The Bertz CT molecular complexity index is 820. The van der Waals surface area contributed by atoms with E-state index in [-0.39, 0.29) is 18.2 Å². The Kier molecular flexibility index (Phi) is 4.49. The lowest BCUT2D eigenvalue weighted by Gasteiger charge is -2.31. The van der Waals surface area contributed by atoms with E-state index in [2.05, 4.69) is 5.10 Å². The molecule has 0 spiro atoms. The van der Waals surface area contributed by atoms with E-state index in [4.69, 9.17) is 5.11 Å². The van der Waals surface area contributed by atoms with Crippen LogP contribution in [-0.4, -0.2) is 44.8 Å². The molecule has 1 saturated heterocycles. The van der Waals surface area contributed by atoms with Crippen molar-refractivity contribution in [1.29, 1.82) is 0 Å². The molecule has 4 rings (SSSR count). The molecule has 0 atom stereocenters. The highest BCUT2D eigenvalue weighted by molar-refractivity contribution is 5.94. The van der Waals surface area contributed by atoms with E-state index in [0.717, 1.165) is 49.0 Å². The van der Waals surface area contributed by atoms with Crippen molar-refractivity contribution in [3.63, 3.8) is 0 Å². The van der Waals surface area contributed by atoms with Gasteiger partial charge in [0, 0.05) is 30.8 Å². The second-order valence-electron chi connectivity index (χ2n) is 7.21. The van der Waals surface area contributed by atoms with E-state index in [0.29, 0.717) is 18.8 Å². The van der Waals surface area contributed by atoms with Crippen LogP contribution in [0.1, 0.15) is 47.4 Å². The molecule has 0 unspecified atom stereocenters. The van der Waals surface area contributed by atoms with Crippen molar-refractivity contribution in [3.05, 3.63) is 47.3 Å². The van der Waals surface area contributed by atoms with Gasteiger partial charge in [-0.2, -0.15) is 5.10 Å². The van der Waals surface area contributed by atoms with Crippen molar-refractivity contribution in [1.82, 2.24) is 14.7 Å². The molecule has 26 heavy (non-hydrogen) atoms. The summed E-state index contributed by atoms with van der Waals surface area (Å²) in [6.07, 6.45) is 4.60. The fraction of sp³-hybridized carbons (Fsp3) is 0.450. The maximum atomic E-state index is 13.1. The van der Waals surface area contributed by atoms with Crippen LogP contribution in [0.2, 0.25) is 0 Å². The number of nitrogens with zero attached hydrogens (tertiary/aromatic N) is 3. The number of hydrogen-bond acceptors (Lipinski definition) is 3. The molecule has 6 nitrogen and oxygen atoms in total. The van der Waals surface area contributed by atoms with Gasteiger partial charge in [-0.05, 0) is 50.2 Å². The molecule has 1 aliphatic carbocycles. The molecule has 1 fully saturated rings. The smallest absolute Gasteiger partial charge is 0.303 e. The number of carboxylic acids is 1. The molecule has 2 heterocycles. The number of para-hydroxylation sites is 1. The Labute approximate surface area is 152 Å². The van der Waals surface area contributed by atoms with Crippen LogP contribution in [0.15, 0.2) is 30.3 Å². The Morgan fingerprint density at radius 3 is 2.54 bits per heavy atom. The van der Waals surface area contributed by atoms with Crippen LogP contribution < -0.4 is 0 Å². The van der Waals surface area contributed by atoms with Crippen molar-refractivity contribution in [2.24, 2.45) is 5.92 Å². The van der Waals surface area contributed by atoms with Gasteiger partial charge in [-0.25, -0.2) is 4.68 Å². The zero-order valence-corrected chi connectivity index (χ0v) is 14.7. The second-order valence-corrected chi connectivity index (χ2v) is 7.21. The summed E-state index contributed by atoms with van der Waals surface area (Å²) in [7, 11) is 0. The molecule has 0 bridgehead atoms. The van der Waals surface area contributed by atoms with Crippen molar-refractivity contribution >= 4 is 11.9 Å². The summed E-state index contributed by atoms with van der Waals surface area (Å²) >= 11 is 0. The highest BCUT2D eigenvalue weighted by Crippen LogP contribution is 2.29. The predicted molar refractivity (Wildman–Crippen MR) is 96.5 cm³/mol. The SMILES string of the molecule is O=C(O)CC1CCN(C(=O)c2nn(-c3ccccc3)c3c2CCC3)CC1. The molecular formula is C20H23N3O3. The van der Waals surface area contributed by atoms with Crippen LogP contribution in [0.5, 0.6) is 0 Å². The molecule has 2 aliphatic rings. The first-order chi connectivity index (χ1) is 12.6. The van der Waals surface area contributed by atoms with E-state index < -0.39 is 5.97 Å². The van der Waals surface area contributed by atoms with Crippen LogP contribution in [0.4, 0.5) is 0 Å². The molecule has 1 N–H and O–H groups in total. The van der Waals surface area contributed by atoms with Gasteiger partial charge in [-0.3, -0.25) is 9.59 Å². The summed E-state index contributed by atoms with van der Waals surface area (Å²) in [6, 6.07) is 9.95. The van der Waals surface area contributed by atoms with E-state index in [1.165, 1.54) is 0 Å². The molecule has 1 aromatic carbocycles. The quantitative estimate of drug-likeness (QED) is 0.917. The first-order valence-corrected chi connectivity index (χ1v) is 9.30. The van der Waals surface area contributed by atoms with Gasteiger partial charge in [-0.1, -0.05) is 18.2 Å². The van der Waals surface area contributed by atoms with E-state index in [9.17, 15) is 9.59 Å². The van der Waals surface area contributed by atoms with E-state index in [1.54, 1.807) is 0 Å². The van der Waals surface area contributed by atoms with Crippen LogP contribution in [0.25, 0.3) is 5.69 Å². The van der Waals surface area contributed by atoms with Gasteiger partial charge in [0.25, 0.3) is 5.91 Å². The van der Waals surface area contributed by atoms with Gasteiger partial charge < -0.3 is 10.0 Å². The summed E-state index contributed by atoms with van der Waals surface area (Å²) in [5.41, 5.74) is 3.81. The minimum absolute atomic E-state index is 0.00777. The van der Waals surface area contributed by atoms with Crippen molar-refractivity contribution < 1.29 is 14.7 Å². The van der Waals surface area contributed by atoms with Crippen LogP contribution in [0, 0.1) is 5.92 Å². The first kappa shape index (κ1) is 16.8. The van der Waals surface area contributed by atoms with Crippen LogP contribution >= 0.6 is 0 Å². The maximum Gasteiger partial charge on any atom is 0.303 e. The van der Waals surface area contributed by atoms with Crippen molar-refractivity contribution in [3.8, 4) is 5.69 Å². The number of amides is 1. The highest BCUT2D eigenvalue weighted by Gasteiger charge is 2.31. The highest BCUT2D eigenvalue weighted by atomic mass is 16.4. The van der Waals surface area contributed by atoms with Crippen LogP contribution in [-0.2, 0) is 17.6 Å². The number of carbonyl (C=O) groups excluding carboxylic acids is 1. The largest absolute Gasteiger partial charge is 0.481 e. The average Bonchev–Trinajstić information content (AvgIpc) is 3.24. The monoisotopic (exact) mass is 353 g/mol. The molecule has 0 radical (unpaired) electrons. The average molecular weight is 353 g/mol. The van der Waals surface area contributed by atoms with Gasteiger partial charge in [0.1, 0.15) is 0 Å². The standard InChI is InChI=1S/C20H23N3O3/c24-18(25)13-14-9-11-22(12-10-14)20(26)19-16-7-4-8-17(16)23(21-19)15-5-2-1-3-6-15/h1-3,5-6,14H,4,7-13H2,(H,24,25). The molecule has 2 aromatic rings. The van der Waals surface area contributed by atoms with Crippen LogP contribution in [0.3, 0.4) is 0 Å². The zero-order chi connectivity index (χ0) is 18.1. The first-order valence-electron chi connectivity index (χ1n) is 9.30. The molecule has 1 aromatic heterocycles. The van der Waals surface area contributed by atoms with Gasteiger partial charge in [0.05, 0.1) is 5.69 Å².